The SMILES string of the molecule is O=C1OC(c2ccc([N+](=O)[O-])cc2)=N/C1=C\c1cc(Br)c(OCC(=O)c2ccccc2)c(Br)c1. The summed E-state index contributed by atoms with van der Waals surface area (Å²) in [6.45, 7) is -0.142. The Labute approximate surface area is 210 Å². The van der Waals surface area contributed by atoms with Crippen LogP contribution in [0.2, 0.25) is 0 Å². The van der Waals surface area contributed by atoms with Crippen LogP contribution in [-0.2, 0) is 9.53 Å². The highest BCUT2D eigenvalue weighted by molar-refractivity contribution is 9.11. The molecular weight excluding hydrogens is 572 g/mol. The number of carbonyl (C=O) groups excluding carboxylic acids is 2. The first kappa shape index (κ1) is 23.5. The van der Waals surface area contributed by atoms with Gasteiger partial charge in [0, 0.05) is 23.3 Å². The van der Waals surface area contributed by atoms with Gasteiger partial charge in [0.1, 0.15) is 5.75 Å². The molecule has 0 spiro atoms. The maximum absolute atomic E-state index is 12.3. The van der Waals surface area contributed by atoms with Gasteiger partial charge in [0.15, 0.2) is 18.1 Å². The van der Waals surface area contributed by atoms with E-state index in [4.69, 9.17) is 9.47 Å². The number of ketones is 1. The van der Waals surface area contributed by atoms with Gasteiger partial charge >= 0.3 is 5.97 Å². The number of nitro groups is 1. The molecule has 1 aliphatic heterocycles. The molecule has 0 unspecified atom stereocenters. The summed E-state index contributed by atoms with van der Waals surface area (Å²) >= 11 is 6.87. The van der Waals surface area contributed by atoms with Gasteiger partial charge in [0.05, 0.1) is 13.9 Å². The van der Waals surface area contributed by atoms with Crippen molar-refractivity contribution in [1.82, 2.24) is 0 Å². The number of carbonyl (C=O) groups is 2. The summed E-state index contributed by atoms with van der Waals surface area (Å²) in [5.74, 6) is -0.305. The molecule has 3 aromatic carbocycles. The van der Waals surface area contributed by atoms with Crippen molar-refractivity contribution in [3.05, 3.63) is 108 Å². The van der Waals surface area contributed by atoms with E-state index in [2.05, 4.69) is 36.9 Å². The van der Waals surface area contributed by atoms with Gasteiger partial charge in [-0.1, -0.05) is 30.3 Å². The van der Waals surface area contributed by atoms with E-state index in [9.17, 15) is 19.7 Å². The molecule has 0 aliphatic carbocycles. The number of rotatable bonds is 7. The standard InChI is InChI=1S/C24H14Br2N2O6/c25-18-10-14(11-19(26)22(18)33-13-21(29)15-4-2-1-3-5-15)12-20-24(30)34-23(27-20)16-6-8-17(9-7-16)28(31)32/h1-12H,13H2/b20-12-. The molecule has 0 bridgehead atoms. The maximum Gasteiger partial charge on any atom is 0.363 e. The van der Waals surface area contributed by atoms with Crippen molar-refractivity contribution < 1.29 is 24.0 Å². The second-order valence-electron chi connectivity index (χ2n) is 7.03. The molecule has 0 saturated heterocycles. The third-order valence-corrected chi connectivity index (χ3v) is 5.89. The minimum Gasteiger partial charge on any atom is -0.483 e. The molecule has 10 heteroatoms. The second kappa shape index (κ2) is 10.1. The number of benzene rings is 3. The Morgan fingerprint density at radius 3 is 2.32 bits per heavy atom. The Hall–Kier alpha value is -3.63. The van der Waals surface area contributed by atoms with E-state index in [0.717, 1.165) is 0 Å². The average molecular weight is 586 g/mol. The summed E-state index contributed by atoms with van der Waals surface area (Å²) in [7, 11) is 0. The normalized spacial score (nSPS) is 14.0. The maximum atomic E-state index is 12.3. The molecule has 0 atom stereocenters. The van der Waals surface area contributed by atoms with Gasteiger partial charge < -0.3 is 9.47 Å². The van der Waals surface area contributed by atoms with Crippen molar-refractivity contribution in [3.63, 3.8) is 0 Å². The lowest BCUT2D eigenvalue weighted by atomic mass is 10.1. The average Bonchev–Trinajstić information content (AvgIpc) is 3.19. The van der Waals surface area contributed by atoms with Gasteiger partial charge in [0.2, 0.25) is 5.90 Å². The summed E-state index contributed by atoms with van der Waals surface area (Å²) in [6.07, 6.45) is 1.54. The van der Waals surface area contributed by atoms with Crippen molar-refractivity contribution in [2.75, 3.05) is 6.61 Å². The zero-order valence-electron chi connectivity index (χ0n) is 17.2. The van der Waals surface area contributed by atoms with E-state index in [1.165, 1.54) is 30.3 Å². The Morgan fingerprint density at radius 1 is 1.06 bits per heavy atom. The number of hydrogen-bond acceptors (Lipinski definition) is 7. The first-order valence-corrected chi connectivity index (χ1v) is 11.4. The van der Waals surface area contributed by atoms with Crippen LogP contribution < -0.4 is 4.74 Å². The van der Waals surface area contributed by atoms with Crippen LogP contribution in [0.3, 0.4) is 0 Å². The first-order valence-electron chi connectivity index (χ1n) is 9.79. The van der Waals surface area contributed by atoms with Gasteiger partial charge in [-0.05, 0) is 67.8 Å². The van der Waals surface area contributed by atoms with Crippen molar-refractivity contribution >= 4 is 61.3 Å². The molecule has 3 aromatic rings. The molecule has 0 amide bonds. The van der Waals surface area contributed by atoms with Gasteiger partial charge in [-0.3, -0.25) is 14.9 Å². The molecule has 8 nitrogen and oxygen atoms in total. The molecule has 170 valence electrons. The number of esters is 1. The Bertz CT molecular complexity index is 1330. The monoisotopic (exact) mass is 584 g/mol. The summed E-state index contributed by atoms with van der Waals surface area (Å²) in [6, 6.07) is 17.8. The van der Waals surface area contributed by atoms with Crippen LogP contribution in [0.4, 0.5) is 5.69 Å². The second-order valence-corrected chi connectivity index (χ2v) is 8.74. The number of cyclic esters (lactones) is 1. The minimum absolute atomic E-state index is 0.0589. The smallest absolute Gasteiger partial charge is 0.363 e. The van der Waals surface area contributed by atoms with Gasteiger partial charge in [-0.2, -0.15) is 0 Å². The van der Waals surface area contributed by atoms with Gasteiger partial charge in [-0.25, -0.2) is 9.79 Å². The summed E-state index contributed by atoms with van der Waals surface area (Å²) in [4.78, 5) is 39.1. The van der Waals surface area contributed by atoms with E-state index in [1.807, 2.05) is 6.07 Å². The number of aliphatic imine (C=N–C) groups is 1. The highest BCUT2D eigenvalue weighted by Crippen LogP contribution is 2.36. The first-order chi connectivity index (χ1) is 16.3. The summed E-state index contributed by atoms with van der Waals surface area (Å²) in [5.41, 5.74) is 1.61. The third kappa shape index (κ3) is 5.29. The molecule has 0 radical (unpaired) electrons. The molecule has 34 heavy (non-hydrogen) atoms. The largest absolute Gasteiger partial charge is 0.483 e. The Balaban J connectivity index is 1.52. The molecule has 0 fully saturated rings. The Morgan fingerprint density at radius 2 is 1.71 bits per heavy atom. The number of halogens is 2. The minimum atomic E-state index is -0.644. The van der Waals surface area contributed by atoms with Crippen molar-refractivity contribution in [2.24, 2.45) is 4.99 Å². The Kier molecular flexibility index (Phi) is 6.99. The number of nitro benzene ring substituents is 1. The van der Waals surface area contributed by atoms with Crippen LogP contribution >= 0.6 is 31.9 Å². The van der Waals surface area contributed by atoms with Crippen LogP contribution in [0.25, 0.3) is 6.08 Å². The predicted molar refractivity (Wildman–Crippen MR) is 132 cm³/mol. The fraction of sp³-hybridized carbons (Fsp3) is 0.0417. The lowest BCUT2D eigenvalue weighted by molar-refractivity contribution is -0.384. The molecule has 0 aromatic heterocycles. The number of Topliss-reactive ketones (excluding diaryl/α,β-unsaturated/α-hetero) is 1. The molecular formula is C24H14Br2N2O6. The van der Waals surface area contributed by atoms with Gasteiger partial charge in [0.25, 0.3) is 5.69 Å². The van der Waals surface area contributed by atoms with Crippen molar-refractivity contribution in [3.8, 4) is 5.75 Å². The quantitative estimate of drug-likeness (QED) is 0.115. The highest BCUT2D eigenvalue weighted by Gasteiger charge is 2.25. The molecule has 1 aliphatic rings. The fourth-order valence-corrected chi connectivity index (χ4v) is 4.51. The van der Waals surface area contributed by atoms with E-state index < -0.39 is 10.9 Å². The number of hydrogen-bond donors (Lipinski definition) is 0. The zero-order valence-corrected chi connectivity index (χ0v) is 20.4. The molecule has 1 heterocycles. The molecule has 0 N–H and O–H groups in total. The van der Waals surface area contributed by atoms with Gasteiger partial charge in [-0.15, -0.1) is 0 Å². The summed E-state index contributed by atoms with van der Waals surface area (Å²) < 4.78 is 12.1. The van der Waals surface area contributed by atoms with Crippen LogP contribution in [0.15, 0.2) is 86.4 Å². The van der Waals surface area contributed by atoms with Crippen molar-refractivity contribution in [2.45, 2.75) is 0 Å². The lowest BCUT2D eigenvalue weighted by Gasteiger charge is -2.11. The van der Waals surface area contributed by atoms with E-state index in [0.29, 0.717) is 31.4 Å². The predicted octanol–water partition coefficient (Wildman–Crippen LogP) is 5.73. The van der Waals surface area contributed by atoms with E-state index in [-0.39, 0.29) is 29.7 Å². The zero-order chi connectivity index (χ0) is 24.2. The van der Waals surface area contributed by atoms with E-state index in [1.54, 1.807) is 36.4 Å². The number of nitrogens with zero attached hydrogens (tertiary/aromatic N) is 2. The van der Waals surface area contributed by atoms with Crippen LogP contribution in [-0.4, -0.2) is 29.2 Å². The molecule has 0 saturated carbocycles. The van der Waals surface area contributed by atoms with Crippen molar-refractivity contribution in [1.29, 1.82) is 0 Å². The lowest BCUT2D eigenvalue weighted by Crippen LogP contribution is -2.12. The topological polar surface area (TPSA) is 108 Å². The van der Waals surface area contributed by atoms with E-state index >= 15 is 0 Å². The fourth-order valence-electron chi connectivity index (χ4n) is 3.06. The molecule has 4 rings (SSSR count). The van der Waals surface area contributed by atoms with Crippen LogP contribution in [0.5, 0.6) is 5.75 Å². The highest BCUT2D eigenvalue weighted by atomic mass is 79.9. The van der Waals surface area contributed by atoms with Crippen LogP contribution in [0.1, 0.15) is 21.5 Å². The van der Waals surface area contributed by atoms with Crippen LogP contribution in [0, 0.1) is 10.1 Å². The number of non-ortho nitro benzene ring substituents is 1. The summed E-state index contributed by atoms with van der Waals surface area (Å²) in [5, 5.41) is 10.8. The third-order valence-electron chi connectivity index (χ3n) is 4.71. The number of ether oxygens (including phenoxy) is 2.